The van der Waals surface area contributed by atoms with E-state index in [2.05, 4.69) is 75.1 Å². The SMILES string of the molecule is Cc1cc(C)c(C(C)Nc2cc(Br)ccc2Br)c(C)n1. The summed E-state index contributed by atoms with van der Waals surface area (Å²) in [6.07, 6.45) is 0. The molecule has 0 aliphatic rings. The summed E-state index contributed by atoms with van der Waals surface area (Å²) in [7, 11) is 0. The highest BCUT2D eigenvalue weighted by Crippen LogP contribution is 2.31. The molecule has 1 atom stereocenters. The Hall–Kier alpha value is -0.870. The molecule has 1 N–H and O–H groups in total. The Bertz CT molecular complexity index is 615. The number of rotatable bonds is 3. The Morgan fingerprint density at radius 1 is 1.10 bits per heavy atom. The Morgan fingerprint density at radius 3 is 2.45 bits per heavy atom. The molecule has 0 spiro atoms. The summed E-state index contributed by atoms with van der Waals surface area (Å²) in [5.41, 5.74) is 5.78. The molecule has 2 rings (SSSR count). The van der Waals surface area contributed by atoms with Crippen LogP contribution >= 0.6 is 31.9 Å². The fraction of sp³-hybridized carbons (Fsp3) is 0.312. The van der Waals surface area contributed by atoms with Gasteiger partial charge in [0, 0.05) is 20.3 Å². The van der Waals surface area contributed by atoms with Crippen molar-refractivity contribution in [1.29, 1.82) is 0 Å². The predicted octanol–water partition coefficient (Wildman–Crippen LogP) is 5.70. The first kappa shape index (κ1) is 15.5. The average Bonchev–Trinajstić information content (AvgIpc) is 2.32. The van der Waals surface area contributed by atoms with Crippen molar-refractivity contribution in [1.82, 2.24) is 4.98 Å². The van der Waals surface area contributed by atoms with Gasteiger partial charge >= 0.3 is 0 Å². The maximum absolute atomic E-state index is 4.58. The number of nitrogens with one attached hydrogen (secondary N) is 1. The van der Waals surface area contributed by atoms with Crippen molar-refractivity contribution in [2.24, 2.45) is 0 Å². The highest BCUT2D eigenvalue weighted by Gasteiger charge is 2.14. The van der Waals surface area contributed by atoms with Crippen molar-refractivity contribution in [3.63, 3.8) is 0 Å². The molecule has 0 bridgehead atoms. The Balaban J connectivity index is 2.33. The van der Waals surface area contributed by atoms with E-state index in [4.69, 9.17) is 0 Å². The lowest BCUT2D eigenvalue weighted by atomic mass is 10.00. The van der Waals surface area contributed by atoms with Crippen LogP contribution in [0.1, 0.15) is 35.5 Å². The number of pyridine rings is 1. The van der Waals surface area contributed by atoms with Gasteiger partial charge < -0.3 is 5.32 Å². The van der Waals surface area contributed by atoms with Gasteiger partial charge in [-0.2, -0.15) is 0 Å². The molecular weight excluding hydrogens is 380 g/mol. The van der Waals surface area contributed by atoms with Crippen LogP contribution < -0.4 is 5.32 Å². The number of hydrogen-bond acceptors (Lipinski definition) is 2. The minimum absolute atomic E-state index is 0.202. The van der Waals surface area contributed by atoms with Gasteiger partial charge in [-0.1, -0.05) is 15.9 Å². The lowest BCUT2D eigenvalue weighted by Crippen LogP contribution is -2.12. The van der Waals surface area contributed by atoms with E-state index in [1.165, 1.54) is 11.1 Å². The van der Waals surface area contributed by atoms with Crippen molar-refractivity contribution in [3.8, 4) is 0 Å². The van der Waals surface area contributed by atoms with Crippen LogP contribution in [0.3, 0.4) is 0 Å². The number of aryl methyl sites for hydroxylation is 3. The van der Waals surface area contributed by atoms with E-state index in [1.807, 2.05) is 19.1 Å². The molecule has 1 aromatic carbocycles. The zero-order valence-corrected chi connectivity index (χ0v) is 15.3. The molecular formula is C16H18Br2N2. The highest BCUT2D eigenvalue weighted by molar-refractivity contribution is 9.11. The van der Waals surface area contributed by atoms with Crippen LogP contribution in [0.2, 0.25) is 0 Å². The first-order valence-corrected chi connectivity index (χ1v) is 8.13. The molecule has 4 heteroatoms. The van der Waals surface area contributed by atoms with Crippen LogP contribution in [0, 0.1) is 20.8 Å². The quantitative estimate of drug-likeness (QED) is 0.717. The van der Waals surface area contributed by atoms with Crippen LogP contribution in [0.15, 0.2) is 33.2 Å². The van der Waals surface area contributed by atoms with Gasteiger partial charge in [0.15, 0.2) is 0 Å². The zero-order chi connectivity index (χ0) is 14.9. The third kappa shape index (κ3) is 3.41. The number of anilines is 1. The Morgan fingerprint density at radius 2 is 1.80 bits per heavy atom. The summed E-state index contributed by atoms with van der Waals surface area (Å²) in [6, 6.07) is 8.47. The van der Waals surface area contributed by atoms with Gasteiger partial charge in [0.1, 0.15) is 0 Å². The Labute approximate surface area is 137 Å². The predicted molar refractivity (Wildman–Crippen MR) is 92.3 cm³/mol. The molecule has 2 aromatic rings. The van der Waals surface area contributed by atoms with E-state index >= 15 is 0 Å². The molecule has 0 amide bonds. The molecule has 0 aliphatic carbocycles. The van der Waals surface area contributed by atoms with Gasteiger partial charge in [0.05, 0.1) is 11.7 Å². The normalized spacial score (nSPS) is 12.3. The number of nitrogens with zero attached hydrogens (tertiary/aromatic N) is 1. The van der Waals surface area contributed by atoms with Crippen molar-refractivity contribution in [3.05, 3.63) is 55.7 Å². The first-order valence-electron chi connectivity index (χ1n) is 6.55. The summed E-state index contributed by atoms with van der Waals surface area (Å²) in [6.45, 7) is 8.42. The standard InChI is InChI=1S/C16H18Br2N2/c1-9-7-10(2)19-11(3)16(9)12(4)20-15-8-13(17)5-6-14(15)18/h5-8,12,20H,1-4H3. The largest absolute Gasteiger partial charge is 0.377 e. The van der Waals surface area contributed by atoms with E-state index in [0.717, 1.165) is 26.0 Å². The summed E-state index contributed by atoms with van der Waals surface area (Å²) >= 11 is 7.09. The van der Waals surface area contributed by atoms with Crippen molar-refractivity contribution < 1.29 is 0 Å². The second kappa shape index (κ2) is 6.27. The van der Waals surface area contributed by atoms with E-state index in [0.29, 0.717) is 0 Å². The van der Waals surface area contributed by atoms with Crippen LogP contribution in [-0.2, 0) is 0 Å². The molecule has 0 radical (unpaired) electrons. The van der Waals surface area contributed by atoms with Crippen LogP contribution in [0.4, 0.5) is 5.69 Å². The molecule has 0 aliphatic heterocycles. The average molecular weight is 398 g/mol. The van der Waals surface area contributed by atoms with E-state index in [-0.39, 0.29) is 6.04 Å². The third-order valence-corrected chi connectivity index (χ3v) is 4.50. The molecule has 1 aromatic heterocycles. The third-order valence-electron chi connectivity index (χ3n) is 3.32. The summed E-state index contributed by atoms with van der Waals surface area (Å²) in [5, 5.41) is 3.55. The van der Waals surface area contributed by atoms with Crippen LogP contribution in [0.5, 0.6) is 0 Å². The summed E-state index contributed by atoms with van der Waals surface area (Å²) in [4.78, 5) is 4.58. The molecule has 1 heterocycles. The van der Waals surface area contributed by atoms with E-state index in [1.54, 1.807) is 0 Å². The molecule has 1 unspecified atom stereocenters. The molecule has 106 valence electrons. The van der Waals surface area contributed by atoms with Crippen molar-refractivity contribution in [2.45, 2.75) is 33.7 Å². The van der Waals surface area contributed by atoms with Gasteiger partial charge in [-0.3, -0.25) is 4.98 Å². The molecule has 2 nitrogen and oxygen atoms in total. The maximum atomic E-state index is 4.58. The second-order valence-electron chi connectivity index (χ2n) is 5.07. The van der Waals surface area contributed by atoms with Crippen molar-refractivity contribution in [2.75, 3.05) is 5.32 Å². The minimum Gasteiger partial charge on any atom is -0.377 e. The smallest absolute Gasteiger partial charge is 0.0506 e. The first-order chi connectivity index (χ1) is 9.38. The number of aromatic nitrogens is 1. The molecule has 20 heavy (non-hydrogen) atoms. The van der Waals surface area contributed by atoms with Gasteiger partial charge in [0.25, 0.3) is 0 Å². The minimum atomic E-state index is 0.202. The van der Waals surface area contributed by atoms with Gasteiger partial charge in [-0.15, -0.1) is 0 Å². The van der Waals surface area contributed by atoms with Gasteiger partial charge in [-0.25, -0.2) is 0 Å². The van der Waals surface area contributed by atoms with Gasteiger partial charge in [-0.05, 0) is 79.0 Å². The van der Waals surface area contributed by atoms with E-state index < -0.39 is 0 Å². The monoisotopic (exact) mass is 396 g/mol. The van der Waals surface area contributed by atoms with Crippen LogP contribution in [0.25, 0.3) is 0 Å². The van der Waals surface area contributed by atoms with Gasteiger partial charge in [0.2, 0.25) is 0 Å². The molecule has 0 saturated heterocycles. The fourth-order valence-electron chi connectivity index (χ4n) is 2.60. The summed E-state index contributed by atoms with van der Waals surface area (Å²) < 4.78 is 2.12. The topological polar surface area (TPSA) is 24.9 Å². The lowest BCUT2D eigenvalue weighted by Gasteiger charge is -2.21. The molecule has 0 fully saturated rings. The zero-order valence-electron chi connectivity index (χ0n) is 12.1. The van der Waals surface area contributed by atoms with E-state index in [9.17, 15) is 0 Å². The number of halogens is 2. The highest BCUT2D eigenvalue weighted by atomic mass is 79.9. The number of benzene rings is 1. The maximum Gasteiger partial charge on any atom is 0.0506 e. The van der Waals surface area contributed by atoms with Crippen LogP contribution in [-0.4, -0.2) is 4.98 Å². The molecule has 0 saturated carbocycles. The Kier molecular flexibility index (Phi) is 4.86. The number of hydrogen-bond donors (Lipinski definition) is 1. The summed E-state index contributed by atoms with van der Waals surface area (Å²) in [5.74, 6) is 0. The fourth-order valence-corrected chi connectivity index (χ4v) is 3.32. The van der Waals surface area contributed by atoms with Crippen molar-refractivity contribution >= 4 is 37.5 Å². The second-order valence-corrected chi connectivity index (χ2v) is 6.84. The lowest BCUT2D eigenvalue weighted by molar-refractivity contribution is 0.842.